The van der Waals surface area contributed by atoms with E-state index in [0.717, 1.165) is 25.3 Å². The second-order valence-electron chi connectivity index (χ2n) is 6.53. The van der Waals surface area contributed by atoms with Crippen LogP contribution in [0.15, 0.2) is 0 Å². The lowest BCUT2D eigenvalue weighted by Gasteiger charge is -2.31. The second-order valence-corrected chi connectivity index (χ2v) is 6.53. The zero-order valence-corrected chi connectivity index (χ0v) is 13.0. The third kappa shape index (κ3) is 6.94. The molecule has 0 radical (unpaired) electrons. The molecule has 0 spiro atoms. The summed E-state index contributed by atoms with van der Waals surface area (Å²) >= 11 is 0. The number of nitrogens with one attached hydrogen (secondary N) is 1. The standard InChI is InChI=1S/C16H31N3/c1-4-19-11-7-15(8-12-19)13-18-10-6-5-9-16(2,3)14-17/h15,18H,4-13H2,1-3H3. The largest absolute Gasteiger partial charge is 0.316 e. The van der Waals surface area contributed by atoms with Gasteiger partial charge in [0.1, 0.15) is 0 Å². The van der Waals surface area contributed by atoms with Crippen molar-refractivity contribution in [2.75, 3.05) is 32.7 Å². The molecule has 0 bridgehead atoms. The van der Waals surface area contributed by atoms with Gasteiger partial charge in [-0.1, -0.05) is 13.3 Å². The first kappa shape index (κ1) is 16.5. The normalized spacial score (nSPS) is 18.4. The van der Waals surface area contributed by atoms with Gasteiger partial charge >= 0.3 is 0 Å². The molecule has 0 aromatic heterocycles. The Balaban J connectivity index is 1.96. The summed E-state index contributed by atoms with van der Waals surface area (Å²) in [4.78, 5) is 2.54. The van der Waals surface area contributed by atoms with Crippen molar-refractivity contribution in [3.8, 4) is 6.07 Å². The van der Waals surface area contributed by atoms with Gasteiger partial charge < -0.3 is 10.2 Å². The lowest BCUT2D eigenvalue weighted by Crippen LogP contribution is -2.37. The van der Waals surface area contributed by atoms with Crippen molar-refractivity contribution in [1.82, 2.24) is 10.2 Å². The number of hydrogen-bond donors (Lipinski definition) is 1. The molecule has 0 atom stereocenters. The van der Waals surface area contributed by atoms with Crippen LogP contribution in [0, 0.1) is 22.7 Å². The van der Waals surface area contributed by atoms with Gasteiger partial charge in [0.25, 0.3) is 0 Å². The summed E-state index contributed by atoms with van der Waals surface area (Å²) in [5, 5.41) is 12.5. The van der Waals surface area contributed by atoms with Gasteiger partial charge in [-0.2, -0.15) is 5.26 Å². The highest BCUT2D eigenvalue weighted by molar-refractivity contribution is 4.91. The molecule has 0 aromatic rings. The molecule has 1 aliphatic rings. The number of hydrogen-bond acceptors (Lipinski definition) is 3. The third-order valence-electron chi connectivity index (χ3n) is 4.30. The lowest BCUT2D eigenvalue weighted by atomic mass is 9.89. The van der Waals surface area contributed by atoms with Gasteiger partial charge in [-0.05, 0) is 78.2 Å². The molecule has 1 fully saturated rings. The van der Waals surface area contributed by atoms with E-state index in [9.17, 15) is 0 Å². The van der Waals surface area contributed by atoms with E-state index in [1.807, 2.05) is 13.8 Å². The summed E-state index contributed by atoms with van der Waals surface area (Å²) in [6, 6.07) is 2.37. The number of nitrogens with zero attached hydrogens (tertiary/aromatic N) is 2. The topological polar surface area (TPSA) is 39.1 Å². The summed E-state index contributed by atoms with van der Waals surface area (Å²) in [6.07, 6.45) is 6.06. The molecule has 0 amide bonds. The molecule has 19 heavy (non-hydrogen) atoms. The first-order valence-corrected chi connectivity index (χ1v) is 7.91. The molecule has 0 aromatic carbocycles. The molecule has 0 unspecified atom stereocenters. The first-order chi connectivity index (χ1) is 9.07. The molecule has 110 valence electrons. The second kappa shape index (κ2) is 8.55. The zero-order valence-electron chi connectivity index (χ0n) is 13.0. The third-order valence-corrected chi connectivity index (χ3v) is 4.30. The molecule has 1 saturated heterocycles. The van der Waals surface area contributed by atoms with Crippen molar-refractivity contribution in [2.45, 2.75) is 52.9 Å². The predicted octanol–water partition coefficient (Wildman–Crippen LogP) is 3.03. The fourth-order valence-electron chi connectivity index (χ4n) is 2.69. The van der Waals surface area contributed by atoms with Crippen LogP contribution >= 0.6 is 0 Å². The van der Waals surface area contributed by atoms with Crippen LogP contribution in [-0.2, 0) is 0 Å². The van der Waals surface area contributed by atoms with Crippen molar-refractivity contribution >= 4 is 0 Å². The van der Waals surface area contributed by atoms with E-state index < -0.39 is 0 Å². The van der Waals surface area contributed by atoms with Gasteiger partial charge in [-0.15, -0.1) is 0 Å². The van der Waals surface area contributed by atoms with Crippen LogP contribution in [0.25, 0.3) is 0 Å². The Hall–Kier alpha value is -0.590. The Morgan fingerprint density at radius 2 is 1.95 bits per heavy atom. The van der Waals surface area contributed by atoms with E-state index in [1.54, 1.807) is 0 Å². The Labute approximate surface area is 119 Å². The van der Waals surface area contributed by atoms with E-state index in [2.05, 4.69) is 23.2 Å². The average molecular weight is 265 g/mol. The van der Waals surface area contributed by atoms with Gasteiger partial charge in [0.05, 0.1) is 11.5 Å². The summed E-state index contributed by atoms with van der Waals surface area (Å²) < 4.78 is 0. The van der Waals surface area contributed by atoms with Crippen LogP contribution < -0.4 is 5.32 Å². The maximum atomic E-state index is 8.94. The molecule has 1 N–H and O–H groups in total. The highest BCUT2D eigenvalue weighted by Gasteiger charge is 2.17. The minimum Gasteiger partial charge on any atom is -0.316 e. The number of unbranched alkanes of at least 4 members (excludes halogenated alkanes) is 1. The Morgan fingerprint density at radius 1 is 1.26 bits per heavy atom. The van der Waals surface area contributed by atoms with E-state index in [-0.39, 0.29) is 5.41 Å². The van der Waals surface area contributed by atoms with Crippen LogP contribution in [0.1, 0.15) is 52.9 Å². The van der Waals surface area contributed by atoms with Gasteiger partial charge in [0.15, 0.2) is 0 Å². The van der Waals surface area contributed by atoms with Crippen LogP contribution in [0.3, 0.4) is 0 Å². The van der Waals surface area contributed by atoms with Crippen LogP contribution in [0.2, 0.25) is 0 Å². The van der Waals surface area contributed by atoms with Gasteiger partial charge in [0.2, 0.25) is 0 Å². The van der Waals surface area contributed by atoms with Crippen molar-refractivity contribution in [3.05, 3.63) is 0 Å². The summed E-state index contributed by atoms with van der Waals surface area (Å²) in [5.74, 6) is 0.873. The minimum atomic E-state index is -0.146. The Kier molecular flexibility index (Phi) is 7.41. The predicted molar refractivity (Wildman–Crippen MR) is 81.0 cm³/mol. The quantitative estimate of drug-likeness (QED) is 0.686. The Morgan fingerprint density at radius 3 is 2.53 bits per heavy atom. The van der Waals surface area contributed by atoms with E-state index in [1.165, 1.54) is 45.4 Å². The summed E-state index contributed by atoms with van der Waals surface area (Å²) in [7, 11) is 0. The molecule has 3 nitrogen and oxygen atoms in total. The maximum absolute atomic E-state index is 8.94. The molecule has 1 heterocycles. The molecular weight excluding hydrogens is 234 g/mol. The van der Waals surface area contributed by atoms with Crippen molar-refractivity contribution in [3.63, 3.8) is 0 Å². The zero-order chi connectivity index (χ0) is 14.1. The highest BCUT2D eigenvalue weighted by Crippen LogP contribution is 2.21. The molecular formula is C16H31N3. The fourth-order valence-corrected chi connectivity index (χ4v) is 2.69. The molecule has 0 saturated carbocycles. The minimum absolute atomic E-state index is 0.146. The molecule has 1 rings (SSSR count). The number of piperidine rings is 1. The molecule has 3 heteroatoms. The number of nitriles is 1. The van der Waals surface area contributed by atoms with Gasteiger partial charge in [0, 0.05) is 0 Å². The maximum Gasteiger partial charge on any atom is 0.0683 e. The van der Waals surface area contributed by atoms with Gasteiger partial charge in [-0.3, -0.25) is 0 Å². The first-order valence-electron chi connectivity index (χ1n) is 7.91. The lowest BCUT2D eigenvalue weighted by molar-refractivity contribution is 0.190. The van der Waals surface area contributed by atoms with Gasteiger partial charge in [-0.25, -0.2) is 0 Å². The van der Waals surface area contributed by atoms with Crippen LogP contribution in [0.4, 0.5) is 0 Å². The summed E-state index contributed by atoms with van der Waals surface area (Å²) in [5.41, 5.74) is -0.146. The number of likely N-dealkylation sites (tertiary alicyclic amines) is 1. The average Bonchev–Trinajstić information content (AvgIpc) is 2.43. The number of rotatable bonds is 8. The van der Waals surface area contributed by atoms with Crippen LogP contribution in [0.5, 0.6) is 0 Å². The van der Waals surface area contributed by atoms with Crippen LogP contribution in [-0.4, -0.2) is 37.6 Å². The van der Waals surface area contributed by atoms with Crippen molar-refractivity contribution in [1.29, 1.82) is 5.26 Å². The monoisotopic (exact) mass is 265 g/mol. The highest BCUT2D eigenvalue weighted by atomic mass is 15.1. The summed E-state index contributed by atoms with van der Waals surface area (Å²) in [6.45, 7) is 12.4. The fraction of sp³-hybridized carbons (Fsp3) is 0.938. The SMILES string of the molecule is CCN1CCC(CNCCCCC(C)(C)C#N)CC1. The smallest absolute Gasteiger partial charge is 0.0683 e. The van der Waals surface area contributed by atoms with Crippen molar-refractivity contribution < 1.29 is 0 Å². The van der Waals surface area contributed by atoms with E-state index >= 15 is 0 Å². The Bertz CT molecular complexity index is 272. The van der Waals surface area contributed by atoms with Crippen molar-refractivity contribution in [2.24, 2.45) is 11.3 Å². The molecule has 0 aliphatic carbocycles. The van der Waals surface area contributed by atoms with E-state index in [0.29, 0.717) is 0 Å². The van der Waals surface area contributed by atoms with E-state index in [4.69, 9.17) is 5.26 Å². The molecule has 1 aliphatic heterocycles.